The van der Waals surface area contributed by atoms with Crippen molar-refractivity contribution in [3.8, 4) is 5.75 Å². The number of esters is 2. The Balaban J connectivity index is 2.22. The van der Waals surface area contributed by atoms with Crippen LogP contribution in [0.3, 0.4) is 0 Å². The smallest absolute Gasteiger partial charge is 0.351 e. The number of non-ortho nitro benzene ring substituents is 1. The molecule has 0 aliphatic carbocycles. The third kappa shape index (κ3) is 3.29. The van der Waals surface area contributed by atoms with E-state index in [9.17, 15) is 19.7 Å². The van der Waals surface area contributed by atoms with Gasteiger partial charge < -0.3 is 9.47 Å². The van der Waals surface area contributed by atoms with Crippen LogP contribution in [-0.4, -0.2) is 24.0 Å². The zero-order chi connectivity index (χ0) is 16.3. The molecule has 0 amide bonds. The summed E-state index contributed by atoms with van der Waals surface area (Å²) < 4.78 is 9.80. The molecule has 0 spiro atoms. The van der Waals surface area contributed by atoms with Gasteiger partial charge in [-0.3, -0.25) is 10.1 Å². The van der Waals surface area contributed by atoms with Gasteiger partial charge >= 0.3 is 11.9 Å². The van der Waals surface area contributed by atoms with E-state index in [2.05, 4.69) is 4.74 Å². The highest BCUT2D eigenvalue weighted by molar-refractivity contribution is 7.14. The standard InChI is InChI=1S/C14H11NO6S/c1-8-7-11(12(22-8)14(17)20-2)21-13(16)9-3-5-10(6-4-9)15(18)19/h3-7H,1-2H3. The highest BCUT2D eigenvalue weighted by Crippen LogP contribution is 2.30. The van der Waals surface area contributed by atoms with Crippen molar-refractivity contribution in [2.45, 2.75) is 6.92 Å². The highest BCUT2D eigenvalue weighted by Gasteiger charge is 2.20. The summed E-state index contributed by atoms with van der Waals surface area (Å²) >= 11 is 1.15. The molecular formula is C14H11NO6S. The molecule has 0 saturated heterocycles. The summed E-state index contributed by atoms with van der Waals surface area (Å²) in [5.74, 6) is -1.19. The SMILES string of the molecule is COC(=O)c1sc(C)cc1OC(=O)c1ccc([N+](=O)[O-])cc1. The Hall–Kier alpha value is -2.74. The van der Waals surface area contributed by atoms with Crippen molar-refractivity contribution in [1.82, 2.24) is 0 Å². The second-order valence-electron chi connectivity index (χ2n) is 4.24. The Kier molecular flexibility index (Phi) is 4.52. The van der Waals surface area contributed by atoms with Gasteiger partial charge in [-0.05, 0) is 25.1 Å². The fourth-order valence-corrected chi connectivity index (χ4v) is 2.54. The molecule has 0 unspecified atom stereocenters. The minimum absolute atomic E-state index is 0.109. The second kappa shape index (κ2) is 6.35. The van der Waals surface area contributed by atoms with Crippen LogP contribution in [0.4, 0.5) is 5.69 Å². The fourth-order valence-electron chi connectivity index (χ4n) is 1.68. The van der Waals surface area contributed by atoms with E-state index in [-0.39, 0.29) is 21.9 Å². The van der Waals surface area contributed by atoms with Gasteiger partial charge in [0.2, 0.25) is 0 Å². The molecule has 0 bridgehead atoms. The van der Waals surface area contributed by atoms with Crippen LogP contribution in [0.5, 0.6) is 5.75 Å². The largest absolute Gasteiger partial charge is 0.465 e. The van der Waals surface area contributed by atoms with Crippen molar-refractivity contribution in [2.75, 3.05) is 7.11 Å². The van der Waals surface area contributed by atoms with Gasteiger partial charge in [-0.1, -0.05) is 0 Å². The maximum Gasteiger partial charge on any atom is 0.351 e. The molecule has 0 fully saturated rings. The Morgan fingerprint density at radius 2 is 1.82 bits per heavy atom. The number of ether oxygens (including phenoxy) is 2. The molecule has 8 heteroatoms. The van der Waals surface area contributed by atoms with Crippen LogP contribution in [0, 0.1) is 17.0 Å². The van der Waals surface area contributed by atoms with E-state index in [1.165, 1.54) is 31.4 Å². The van der Waals surface area contributed by atoms with Crippen LogP contribution < -0.4 is 4.74 Å². The topological polar surface area (TPSA) is 95.7 Å². The van der Waals surface area contributed by atoms with Gasteiger partial charge in [-0.2, -0.15) is 0 Å². The van der Waals surface area contributed by atoms with Crippen LogP contribution >= 0.6 is 11.3 Å². The van der Waals surface area contributed by atoms with Gasteiger partial charge in [0.05, 0.1) is 17.6 Å². The molecule has 2 rings (SSSR count). The molecule has 114 valence electrons. The summed E-state index contributed by atoms with van der Waals surface area (Å²) in [5, 5.41) is 10.6. The molecule has 2 aromatic rings. The number of hydrogen-bond donors (Lipinski definition) is 0. The normalized spacial score (nSPS) is 10.1. The third-order valence-electron chi connectivity index (χ3n) is 2.71. The van der Waals surface area contributed by atoms with Crippen molar-refractivity contribution < 1.29 is 24.0 Å². The van der Waals surface area contributed by atoms with E-state index in [0.717, 1.165) is 16.2 Å². The number of nitrogens with zero attached hydrogens (tertiary/aromatic N) is 1. The first-order valence-electron chi connectivity index (χ1n) is 6.07. The number of hydrogen-bond acceptors (Lipinski definition) is 7. The van der Waals surface area contributed by atoms with E-state index >= 15 is 0 Å². The lowest BCUT2D eigenvalue weighted by atomic mass is 10.2. The summed E-state index contributed by atoms with van der Waals surface area (Å²) in [7, 11) is 1.24. The van der Waals surface area contributed by atoms with E-state index in [4.69, 9.17) is 4.74 Å². The number of nitro groups is 1. The summed E-state index contributed by atoms with van der Waals surface area (Å²) in [5.41, 5.74) is 0.0171. The molecule has 0 saturated carbocycles. The number of carbonyl (C=O) groups is 2. The lowest BCUT2D eigenvalue weighted by Crippen LogP contribution is -2.10. The average Bonchev–Trinajstić information content (AvgIpc) is 2.87. The monoisotopic (exact) mass is 321 g/mol. The molecule has 0 atom stereocenters. The number of aryl methyl sites for hydroxylation is 1. The van der Waals surface area contributed by atoms with Crippen LogP contribution in [0.15, 0.2) is 30.3 Å². The Morgan fingerprint density at radius 3 is 2.36 bits per heavy atom. The van der Waals surface area contributed by atoms with Crippen molar-refractivity contribution in [2.24, 2.45) is 0 Å². The number of nitro benzene ring substituents is 1. The number of thiophene rings is 1. The van der Waals surface area contributed by atoms with Crippen LogP contribution in [0.25, 0.3) is 0 Å². The molecule has 0 N–H and O–H groups in total. The highest BCUT2D eigenvalue weighted by atomic mass is 32.1. The summed E-state index contributed by atoms with van der Waals surface area (Å²) in [6, 6.07) is 6.54. The van der Waals surface area contributed by atoms with Crippen LogP contribution in [-0.2, 0) is 4.74 Å². The number of methoxy groups -OCH3 is 1. The van der Waals surface area contributed by atoms with Crippen molar-refractivity contribution in [3.05, 3.63) is 55.8 Å². The van der Waals surface area contributed by atoms with E-state index in [0.29, 0.717) is 0 Å². The lowest BCUT2D eigenvalue weighted by Gasteiger charge is -2.04. The Labute approximate surface area is 129 Å². The van der Waals surface area contributed by atoms with Crippen molar-refractivity contribution in [1.29, 1.82) is 0 Å². The number of carbonyl (C=O) groups excluding carboxylic acids is 2. The molecule has 1 aromatic heterocycles. The zero-order valence-electron chi connectivity index (χ0n) is 11.7. The van der Waals surface area contributed by atoms with Crippen molar-refractivity contribution >= 4 is 29.0 Å². The van der Waals surface area contributed by atoms with Crippen LogP contribution in [0.1, 0.15) is 24.9 Å². The fraction of sp³-hybridized carbons (Fsp3) is 0.143. The molecule has 0 aliphatic rings. The van der Waals surface area contributed by atoms with Gasteiger partial charge in [0.1, 0.15) is 0 Å². The number of benzene rings is 1. The molecule has 7 nitrogen and oxygen atoms in total. The molecule has 1 heterocycles. The predicted octanol–water partition coefficient (Wildman–Crippen LogP) is 2.97. The minimum Gasteiger partial charge on any atom is -0.465 e. The molecule has 0 aliphatic heterocycles. The van der Waals surface area contributed by atoms with E-state index in [1.54, 1.807) is 13.0 Å². The Morgan fingerprint density at radius 1 is 1.18 bits per heavy atom. The van der Waals surface area contributed by atoms with Gasteiger partial charge in [-0.15, -0.1) is 11.3 Å². The quantitative estimate of drug-likeness (QED) is 0.488. The summed E-state index contributed by atoms with van der Waals surface area (Å²) in [4.78, 5) is 34.6. The maximum absolute atomic E-state index is 12.0. The molecule has 0 radical (unpaired) electrons. The summed E-state index contributed by atoms with van der Waals surface area (Å²) in [6.07, 6.45) is 0. The number of rotatable bonds is 4. The summed E-state index contributed by atoms with van der Waals surface area (Å²) in [6.45, 7) is 1.76. The van der Waals surface area contributed by atoms with Gasteiger partial charge in [0, 0.05) is 17.0 Å². The molecule has 1 aromatic carbocycles. The minimum atomic E-state index is -0.710. The molecule has 22 heavy (non-hydrogen) atoms. The molecular weight excluding hydrogens is 310 g/mol. The van der Waals surface area contributed by atoms with Gasteiger partial charge in [-0.25, -0.2) is 9.59 Å². The predicted molar refractivity (Wildman–Crippen MR) is 78.5 cm³/mol. The van der Waals surface area contributed by atoms with Crippen LogP contribution in [0.2, 0.25) is 0 Å². The Bertz CT molecular complexity index is 734. The zero-order valence-corrected chi connectivity index (χ0v) is 12.5. The van der Waals surface area contributed by atoms with Crippen molar-refractivity contribution in [3.63, 3.8) is 0 Å². The third-order valence-corrected chi connectivity index (χ3v) is 3.72. The first kappa shape index (κ1) is 15.6. The average molecular weight is 321 g/mol. The van der Waals surface area contributed by atoms with E-state index < -0.39 is 16.9 Å². The first-order chi connectivity index (χ1) is 10.4. The van der Waals surface area contributed by atoms with E-state index in [1.807, 2.05) is 0 Å². The second-order valence-corrected chi connectivity index (χ2v) is 5.49. The van der Waals surface area contributed by atoms with Gasteiger partial charge in [0.25, 0.3) is 5.69 Å². The van der Waals surface area contributed by atoms with Gasteiger partial charge in [0.15, 0.2) is 10.6 Å². The first-order valence-corrected chi connectivity index (χ1v) is 6.89. The lowest BCUT2D eigenvalue weighted by molar-refractivity contribution is -0.384. The maximum atomic E-state index is 12.0.